The molecule has 0 bridgehead atoms. The van der Waals surface area contributed by atoms with E-state index in [9.17, 15) is 5.11 Å². The van der Waals surface area contributed by atoms with E-state index in [1.807, 2.05) is 0 Å². The lowest BCUT2D eigenvalue weighted by molar-refractivity contribution is 0.0108. The normalized spacial score (nSPS) is 25.2. The van der Waals surface area contributed by atoms with E-state index in [0.29, 0.717) is 6.54 Å². The highest BCUT2D eigenvalue weighted by molar-refractivity contribution is 4.86. The quantitative estimate of drug-likeness (QED) is 0.565. The van der Waals surface area contributed by atoms with Crippen LogP contribution in [0, 0.1) is 5.41 Å². The Morgan fingerprint density at radius 3 is 2.58 bits per heavy atom. The van der Waals surface area contributed by atoms with Gasteiger partial charge in [-0.15, -0.1) is 0 Å². The first kappa shape index (κ1) is 9.96. The third kappa shape index (κ3) is 2.19. The second-order valence-electron chi connectivity index (χ2n) is 4.00. The monoisotopic (exact) mass is 172 g/mol. The first-order valence-corrected chi connectivity index (χ1v) is 4.78. The molecule has 3 nitrogen and oxygen atoms in total. The molecule has 12 heavy (non-hydrogen) atoms. The highest BCUT2D eigenvalue weighted by Crippen LogP contribution is 2.33. The second-order valence-corrected chi connectivity index (χ2v) is 4.00. The summed E-state index contributed by atoms with van der Waals surface area (Å²) in [5.41, 5.74) is 5.52. The highest BCUT2D eigenvalue weighted by atomic mass is 16.3. The van der Waals surface area contributed by atoms with Gasteiger partial charge < -0.3 is 16.2 Å². The van der Waals surface area contributed by atoms with Gasteiger partial charge in [-0.1, -0.05) is 6.92 Å². The largest absolute Gasteiger partial charge is 0.393 e. The van der Waals surface area contributed by atoms with Gasteiger partial charge in [0.15, 0.2) is 0 Å². The van der Waals surface area contributed by atoms with Gasteiger partial charge in [0.25, 0.3) is 0 Å². The molecule has 1 heterocycles. The molecule has 0 amide bonds. The molecule has 4 N–H and O–H groups in total. The first-order valence-electron chi connectivity index (χ1n) is 4.78. The Bertz CT molecular complexity index is 132. The summed E-state index contributed by atoms with van der Waals surface area (Å²) >= 11 is 0. The molecule has 1 fully saturated rings. The van der Waals surface area contributed by atoms with E-state index < -0.39 is 0 Å². The number of aliphatic hydroxyl groups is 1. The number of rotatable bonds is 3. The number of piperidine rings is 1. The van der Waals surface area contributed by atoms with Crippen molar-refractivity contribution in [2.45, 2.75) is 32.3 Å². The standard InChI is InChI=1S/C9H20N2O/c1-9(8(12)2-5-10)3-6-11-7-4-9/h8,11-12H,2-7,10H2,1H3. The van der Waals surface area contributed by atoms with Crippen LogP contribution in [0.2, 0.25) is 0 Å². The van der Waals surface area contributed by atoms with Crippen LogP contribution in [-0.2, 0) is 0 Å². The molecular formula is C9H20N2O. The van der Waals surface area contributed by atoms with E-state index in [-0.39, 0.29) is 11.5 Å². The molecule has 72 valence electrons. The maximum atomic E-state index is 9.83. The van der Waals surface area contributed by atoms with E-state index in [0.717, 1.165) is 32.4 Å². The van der Waals surface area contributed by atoms with Crippen LogP contribution < -0.4 is 11.1 Å². The van der Waals surface area contributed by atoms with Gasteiger partial charge in [0.05, 0.1) is 6.10 Å². The van der Waals surface area contributed by atoms with Crippen molar-refractivity contribution in [1.82, 2.24) is 5.32 Å². The van der Waals surface area contributed by atoms with Gasteiger partial charge in [0.1, 0.15) is 0 Å². The number of hydrogen-bond acceptors (Lipinski definition) is 3. The van der Waals surface area contributed by atoms with E-state index >= 15 is 0 Å². The van der Waals surface area contributed by atoms with Crippen molar-refractivity contribution < 1.29 is 5.11 Å². The lowest BCUT2D eigenvalue weighted by Crippen LogP contribution is -2.43. The third-order valence-electron chi connectivity index (χ3n) is 2.99. The van der Waals surface area contributed by atoms with Crippen LogP contribution in [0.1, 0.15) is 26.2 Å². The van der Waals surface area contributed by atoms with Gasteiger partial charge in [-0.05, 0) is 44.3 Å². The minimum Gasteiger partial charge on any atom is -0.393 e. The van der Waals surface area contributed by atoms with Gasteiger partial charge in [0, 0.05) is 0 Å². The molecule has 0 radical (unpaired) electrons. The molecule has 0 aromatic rings. The Balaban J connectivity index is 2.44. The van der Waals surface area contributed by atoms with Crippen molar-refractivity contribution in [2.75, 3.05) is 19.6 Å². The molecule has 3 heteroatoms. The lowest BCUT2D eigenvalue weighted by Gasteiger charge is -2.38. The van der Waals surface area contributed by atoms with Crippen LogP contribution in [-0.4, -0.2) is 30.8 Å². The molecule has 0 spiro atoms. The number of aliphatic hydroxyl groups excluding tert-OH is 1. The molecule has 0 aromatic carbocycles. The summed E-state index contributed by atoms with van der Waals surface area (Å²) in [7, 11) is 0. The van der Waals surface area contributed by atoms with Crippen LogP contribution in [0.25, 0.3) is 0 Å². The molecular weight excluding hydrogens is 152 g/mol. The summed E-state index contributed by atoms with van der Waals surface area (Å²) in [5.74, 6) is 0. The van der Waals surface area contributed by atoms with Gasteiger partial charge in [-0.2, -0.15) is 0 Å². The Labute approximate surface area is 74.3 Å². The Kier molecular flexibility index (Phi) is 3.50. The zero-order valence-corrected chi connectivity index (χ0v) is 7.84. The van der Waals surface area contributed by atoms with Gasteiger partial charge >= 0.3 is 0 Å². The average Bonchev–Trinajstić information content (AvgIpc) is 2.06. The lowest BCUT2D eigenvalue weighted by atomic mass is 9.75. The van der Waals surface area contributed by atoms with Gasteiger partial charge in [-0.25, -0.2) is 0 Å². The first-order chi connectivity index (χ1) is 5.69. The fourth-order valence-corrected chi connectivity index (χ4v) is 1.84. The van der Waals surface area contributed by atoms with Crippen LogP contribution >= 0.6 is 0 Å². The molecule has 1 unspecified atom stereocenters. The average molecular weight is 172 g/mol. The van der Waals surface area contributed by atoms with Crippen LogP contribution in [0.5, 0.6) is 0 Å². The van der Waals surface area contributed by atoms with E-state index in [2.05, 4.69) is 12.2 Å². The Morgan fingerprint density at radius 1 is 1.50 bits per heavy atom. The zero-order valence-electron chi connectivity index (χ0n) is 7.84. The third-order valence-corrected chi connectivity index (χ3v) is 2.99. The predicted octanol–water partition coefficient (Wildman–Crippen LogP) is 0.0858. The summed E-state index contributed by atoms with van der Waals surface area (Å²) in [6, 6.07) is 0. The maximum Gasteiger partial charge on any atom is 0.0606 e. The Morgan fingerprint density at radius 2 is 2.08 bits per heavy atom. The smallest absolute Gasteiger partial charge is 0.0606 e. The number of hydrogen-bond donors (Lipinski definition) is 3. The summed E-state index contributed by atoms with van der Waals surface area (Å²) in [6.07, 6.45) is 2.64. The summed E-state index contributed by atoms with van der Waals surface area (Å²) < 4.78 is 0. The molecule has 0 aliphatic carbocycles. The van der Waals surface area contributed by atoms with Gasteiger partial charge in [0.2, 0.25) is 0 Å². The molecule has 1 saturated heterocycles. The Hall–Kier alpha value is -0.120. The van der Waals surface area contributed by atoms with Crippen molar-refractivity contribution in [1.29, 1.82) is 0 Å². The summed E-state index contributed by atoms with van der Waals surface area (Å²) in [5, 5.41) is 13.1. The fraction of sp³-hybridized carbons (Fsp3) is 1.00. The van der Waals surface area contributed by atoms with Crippen molar-refractivity contribution in [3.05, 3.63) is 0 Å². The molecule has 1 rings (SSSR count). The van der Waals surface area contributed by atoms with Crippen molar-refractivity contribution in [3.8, 4) is 0 Å². The summed E-state index contributed by atoms with van der Waals surface area (Å²) in [6.45, 7) is 4.80. The predicted molar refractivity (Wildman–Crippen MR) is 49.9 cm³/mol. The SMILES string of the molecule is CC1(C(O)CCN)CCNCC1. The minimum absolute atomic E-state index is 0.102. The van der Waals surface area contributed by atoms with Crippen molar-refractivity contribution >= 4 is 0 Å². The molecule has 1 aliphatic rings. The van der Waals surface area contributed by atoms with E-state index in [1.54, 1.807) is 0 Å². The van der Waals surface area contributed by atoms with E-state index in [4.69, 9.17) is 5.73 Å². The molecule has 1 atom stereocenters. The second kappa shape index (κ2) is 4.21. The van der Waals surface area contributed by atoms with Crippen molar-refractivity contribution in [3.63, 3.8) is 0 Å². The van der Waals surface area contributed by atoms with E-state index in [1.165, 1.54) is 0 Å². The highest BCUT2D eigenvalue weighted by Gasteiger charge is 2.33. The molecule has 1 aliphatic heterocycles. The minimum atomic E-state index is -0.218. The summed E-state index contributed by atoms with van der Waals surface area (Å²) in [4.78, 5) is 0. The van der Waals surface area contributed by atoms with Crippen LogP contribution in [0.15, 0.2) is 0 Å². The number of nitrogens with two attached hydrogens (primary N) is 1. The van der Waals surface area contributed by atoms with Gasteiger partial charge in [-0.3, -0.25) is 0 Å². The maximum absolute atomic E-state index is 9.83. The van der Waals surface area contributed by atoms with Crippen molar-refractivity contribution in [2.24, 2.45) is 11.1 Å². The topological polar surface area (TPSA) is 58.3 Å². The molecule has 0 saturated carbocycles. The molecule has 0 aromatic heterocycles. The van der Waals surface area contributed by atoms with Crippen LogP contribution in [0.3, 0.4) is 0 Å². The number of nitrogens with one attached hydrogen (secondary N) is 1. The fourth-order valence-electron chi connectivity index (χ4n) is 1.84. The zero-order chi connectivity index (χ0) is 9.03. The van der Waals surface area contributed by atoms with Crippen LogP contribution in [0.4, 0.5) is 0 Å².